The first-order valence-corrected chi connectivity index (χ1v) is 6.44. The zero-order chi connectivity index (χ0) is 13.7. The Balaban J connectivity index is 2.26. The zero-order valence-corrected chi connectivity index (χ0v) is 11.1. The second kappa shape index (κ2) is 6.06. The van der Waals surface area contributed by atoms with Crippen molar-refractivity contribution in [3.05, 3.63) is 48.0 Å². The van der Waals surface area contributed by atoms with Gasteiger partial charge in [0.25, 0.3) is 0 Å². The van der Waals surface area contributed by atoms with E-state index in [2.05, 4.69) is 24.1 Å². The van der Waals surface area contributed by atoms with Gasteiger partial charge < -0.3 is 4.90 Å². The highest BCUT2D eigenvalue weighted by Gasteiger charge is 2.12. The molecule has 0 fully saturated rings. The normalized spacial score (nSPS) is 10.1. The molecule has 0 aliphatic rings. The highest BCUT2D eigenvalue weighted by Crippen LogP contribution is 2.19. The average molecular weight is 251 g/mol. The van der Waals surface area contributed by atoms with E-state index in [4.69, 9.17) is 6.42 Å². The van der Waals surface area contributed by atoms with Crippen LogP contribution in [0, 0.1) is 12.3 Å². The van der Waals surface area contributed by atoms with Gasteiger partial charge in [-0.15, -0.1) is 6.42 Å². The van der Waals surface area contributed by atoms with Crippen molar-refractivity contribution in [1.29, 1.82) is 0 Å². The highest BCUT2D eigenvalue weighted by molar-refractivity contribution is 5.90. The average Bonchev–Trinajstić information content (AvgIpc) is 2.45. The molecule has 2 rings (SSSR count). The molecule has 1 amide bonds. The molecular formula is C17H17NO. The fraction of sp³-hybridized carbons (Fsp3) is 0.235. The summed E-state index contributed by atoms with van der Waals surface area (Å²) >= 11 is 0. The first-order valence-electron chi connectivity index (χ1n) is 6.44. The standard InChI is InChI=1S/C17H17NO/c1-3-12-18(4-2)17(19)13-15-10-7-9-14-8-5-6-11-16(14)15/h1,5-11H,4,12-13H2,2H3. The van der Waals surface area contributed by atoms with E-state index in [0.29, 0.717) is 19.5 Å². The number of carbonyl (C=O) groups excluding carboxylic acids is 1. The molecule has 0 aromatic heterocycles. The van der Waals surface area contributed by atoms with Gasteiger partial charge in [-0.25, -0.2) is 0 Å². The van der Waals surface area contributed by atoms with Crippen molar-refractivity contribution in [1.82, 2.24) is 4.90 Å². The lowest BCUT2D eigenvalue weighted by atomic mass is 10.0. The van der Waals surface area contributed by atoms with Crippen LogP contribution in [0.1, 0.15) is 12.5 Å². The van der Waals surface area contributed by atoms with E-state index in [1.165, 1.54) is 0 Å². The number of fused-ring (bicyclic) bond motifs is 1. The van der Waals surface area contributed by atoms with Gasteiger partial charge in [0.1, 0.15) is 0 Å². The summed E-state index contributed by atoms with van der Waals surface area (Å²) in [6, 6.07) is 14.2. The summed E-state index contributed by atoms with van der Waals surface area (Å²) in [5.74, 6) is 2.61. The van der Waals surface area contributed by atoms with Crippen molar-refractivity contribution in [2.24, 2.45) is 0 Å². The van der Waals surface area contributed by atoms with Crippen LogP contribution in [0.25, 0.3) is 10.8 Å². The highest BCUT2D eigenvalue weighted by atomic mass is 16.2. The maximum atomic E-state index is 12.2. The van der Waals surface area contributed by atoms with Crippen LogP contribution in [-0.2, 0) is 11.2 Å². The summed E-state index contributed by atoms with van der Waals surface area (Å²) in [6.07, 6.45) is 5.68. The van der Waals surface area contributed by atoms with E-state index < -0.39 is 0 Å². The van der Waals surface area contributed by atoms with Gasteiger partial charge in [0.15, 0.2) is 0 Å². The van der Waals surface area contributed by atoms with Gasteiger partial charge in [-0.1, -0.05) is 48.4 Å². The molecule has 96 valence electrons. The smallest absolute Gasteiger partial charge is 0.227 e. The van der Waals surface area contributed by atoms with Gasteiger partial charge in [0.05, 0.1) is 13.0 Å². The lowest BCUT2D eigenvalue weighted by molar-refractivity contribution is -0.129. The Hall–Kier alpha value is -2.27. The summed E-state index contributed by atoms with van der Waals surface area (Å²) in [7, 11) is 0. The molecule has 2 nitrogen and oxygen atoms in total. The Labute approximate surface area is 114 Å². The summed E-state index contributed by atoms with van der Waals surface area (Å²) in [5.41, 5.74) is 1.05. The van der Waals surface area contributed by atoms with Crippen molar-refractivity contribution >= 4 is 16.7 Å². The minimum atomic E-state index is 0.0804. The predicted octanol–water partition coefficient (Wildman–Crippen LogP) is 2.86. The number of nitrogens with zero attached hydrogens (tertiary/aromatic N) is 1. The molecule has 0 aliphatic heterocycles. The molecule has 0 bridgehead atoms. The summed E-state index contributed by atoms with van der Waals surface area (Å²) < 4.78 is 0. The van der Waals surface area contributed by atoms with Crippen LogP contribution in [0.2, 0.25) is 0 Å². The fourth-order valence-electron chi connectivity index (χ4n) is 2.21. The maximum Gasteiger partial charge on any atom is 0.227 e. The number of likely N-dealkylation sites (N-methyl/N-ethyl adjacent to an activating group) is 1. The largest absolute Gasteiger partial charge is 0.332 e. The quantitative estimate of drug-likeness (QED) is 0.765. The molecule has 2 aromatic rings. The molecule has 0 saturated carbocycles. The minimum Gasteiger partial charge on any atom is -0.332 e. The van der Waals surface area contributed by atoms with Crippen molar-refractivity contribution < 1.29 is 4.79 Å². The molecule has 0 spiro atoms. The summed E-state index contributed by atoms with van der Waals surface area (Å²) in [6.45, 7) is 2.96. The van der Waals surface area contributed by atoms with E-state index in [1.54, 1.807) is 4.90 Å². The fourth-order valence-corrected chi connectivity index (χ4v) is 2.21. The maximum absolute atomic E-state index is 12.2. The zero-order valence-electron chi connectivity index (χ0n) is 11.1. The Morgan fingerprint density at radius 1 is 1.21 bits per heavy atom. The van der Waals surface area contributed by atoms with E-state index in [1.807, 2.05) is 31.2 Å². The number of terminal acetylenes is 1. The Morgan fingerprint density at radius 2 is 1.95 bits per heavy atom. The van der Waals surface area contributed by atoms with E-state index >= 15 is 0 Å². The number of benzene rings is 2. The molecule has 0 unspecified atom stereocenters. The number of rotatable bonds is 4. The van der Waals surface area contributed by atoms with Gasteiger partial charge in [0, 0.05) is 6.54 Å². The molecule has 0 heterocycles. The molecule has 2 aromatic carbocycles. The molecule has 19 heavy (non-hydrogen) atoms. The molecule has 0 radical (unpaired) electrons. The summed E-state index contributed by atoms with van der Waals surface area (Å²) in [4.78, 5) is 13.9. The second-order valence-electron chi connectivity index (χ2n) is 4.43. The van der Waals surface area contributed by atoms with Crippen LogP contribution in [0.15, 0.2) is 42.5 Å². The van der Waals surface area contributed by atoms with Gasteiger partial charge in [-0.05, 0) is 23.3 Å². The predicted molar refractivity (Wildman–Crippen MR) is 78.7 cm³/mol. The van der Waals surface area contributed by atoms with Crippen molar-refractivity contribution in [3.63, 3.8) is 0 Å². The van der Waals surface area contributed by atoms with Crippen LogP contribution in [0.3, 0.4) is 0 Å². The van der Waals surface area contributed by atoms with Crippen LogP contribution in [0.5, 0.6) is 0 Å². The van der Waals surface area contributed by atoms with Crippen molar-refractivity contribution in [2.45, 2.75) is 13.3 Å². The molecule has 0 N–H and O–H groups in total. The number of carbonyl (C=O) groups is 1. The number of amides is 1. The van der Waals surface area contributed by atoms with Gasteiger partial charge in [0.2, 0.25) is 5.91 Å². The lowest BCUT2D eigenvalue weighted by Crippen LogP contribution is -2.32. The lowest BCUT2D eigenvalue weighted by Gasteiger charge is -2.18. The van der Waals surface area contributed by atoms with Gasteiger partial charge >= 0.3 is 0 Å². The molecular weight excluding hydrogens is 234 g/mol. The van der Waals surface area contributed by atoms with Crippen molar-refractivity contribution in [3.8, 4) is 12.3 Å². The van der Waals surface area contributed by atoms with E-state index in [-0.39, 0.29) is 5.91 Å². The minimum absolute atomic E-state index is 0.0804. The molecule has 0 saturated heterocycles. The van der Waals surface area contributed by atoms with Gasteiger partial charge in [-0.2, -0.15) is 0 Å². The second-order valence-corrected chi connectivity index (χ2v) is 4.43. The SMILES string of the molecule is C#CCN(CC)C(=O)Cc1cccc2ccccc12. The first kappa shape index (κ1) is 13.2. The number of hydrogen-bond donors (Lipinski definition) is 0. The van der Waals surface area contributed by atoms with Crippen LogP contribution >= 0.6 is 0 Å². The van der Waals surface area contributed by atoms with Gasteiger partial charge in [-0.3, -0.25) is 4.79 Å². The summed E-state index contributed by atoms with van der Waals surface area (Å²) in [5, 5.41) is 2.29. The Bertz CT molecular complexity index is 619. The van der Waals surface area contributed by atoms with Crippen LogP contribution in [0.4, 0.5) is 0 Å². The Kier molecular flexibility index (Phi) is 4.20. The van der Waals surface area contributed by atoms with E-state index in [0.717, 1.165) is 16.3 Å². The first-order chi connectivity index (χ1) is 9.26. The molecule has 0 atom stereocenters. The Morgan fingerprint density at radius 3 is 2.68 bits per heavy atom. The topological polar surface area (TPSA) is 20.3 Å². The third kappa shape index (κ3) is 2.95. The molecule has 0 aliphatic carbocycles. The number of hydrogen-bond acceptors (Lipinski definition) is 1. The van der Waals surface area contributed by atoms with E-state index in [9.17, 15) is 4.79 Å². The third-order valence-corrected chi connectivity index (χ3v) is 3.24. The third-order valence-electron chi connectivity index (χ3n) is 3.24. The van der Waals surface area contributed by atoms with Crippen LogP contribution in [-0.4, -0.2) is 23.9 Å². The van der Waals surface area contributed by atoms with Crippen molar-refractivity contribution in [2.75, 3.05) is 13.1 Å². The monoisotopic (exact) mass is 251 g/mol. The van der Waals surface area contributed by atoms with Crippen LogP contribution < -0.4 is 0 Å². The molecule has 2 heteroatoms.